The van der Waals surface area contributed by atoms with Crippen molar-refractivity contribution in [3.63, 3.8) is 0 Å². The lowest BCUT2D eigenvalue weighted by Gasteiger charge is -2.29. The zero-order valence-electron chi connectivity index (χ0n) is 19.2. The molecule has 1 aliphatic heterocycles. The minimum Gasteiger partial charge on any atom is -0.485 e. The summed E-state index contributed by atoms with van der Waals surface area (Å²) in [4.78, 5) is 43.6. The minimum absolute atomic E-state index is 0.00352. The number of thiazole rings is 1. The van der Waals surface area contributed by atoms with Crippen molar-refractivity contribution >= 4 is 34.6 Å². The number of ether oxygens (including phenoxy) is 2. The predicted octanol–water partition coefficient (Wildman–Crippen LogP) is 3.78. The number of aromatic nitrogens is 1. The van der Waals surface area contributed by atoms with Crippen LogP contribution in [0.25, 0.3) is 0 Å². The average molecular weight is 480 g/mol. The third kappa shape index (κ3) is 5.43. The number of anilines is 1. The second kappa shape index (κ2) is 10.0. The molecule has 0 unspecified atom stereocenters. The molecule has 176 valence electrons. The van der Waals surface area contributed by atoms with Crippen LogP contribution in [-0.4, -0.2) is 41.8 Å². The van der Waals surface area contributed by atoms with Crippen molar-refractivity contribution in [3.8, 4) is 11.5 Å². The molecule has 0 spiro atoms. The molecule has 0 aliphatic carbocycles. The van der Waals surface area contributed by atoms with Crippen LogP contribution < -0.4 is 19.7 Å². The van der Waals surface area contributed by atoms with Crippen LogP contribution in [0.15, 0.2) is 47.8 Å². The maximum atomic E-state index is 12.8. The summed E-state index contributed by atoms with van der Waals surface area (Å²) in [6, 6.07) is 12.4. The molecule has 1 N–H and O–H groups in total. The summed E-state index contributed by atoms with van der Waals surface area (Å²) in [6.07, 6.45) is 0. The SMILES string of the molecule is Cc1cccc(OCC(=O)c2ccc3c(c2)N(Cc2nc(C(=O)NC(C)C)cs2)C(=O)CO3)c1. The van der Waals surface area contributed by atoms with Gasteiger partial charge in [0.15, 0.2) is 19.0 Å². The van der Waals surface area contributed by atoms with Crippen molar-refractivity contribution < 1.29 is 23.9 Å². The van der Waals surface area contributed by atoms with Crippen LogP contribution in [0.4, 0.5) is 5.69 Å². The van der Waals surface area contributed by atoms with Gasteiger partial charge in [0.25, 0.3) is 11.8 Å². The third-order valence-electron chi connectivity index (χ3n) is 5.08. The van der Waals surface area contributed by atoms with E-state index in [9.17, 15) is 14.4 Å². The molecule has 2 aromatic carbocycles. The molecule has 0 bridgehead atoms. The number of nitrogens with one attached hydrogen (secondary N) is 1. The highest BCUT2D eigenvalue weighted by atomic mass is 32.1. The number of benzene rings is 2. The maximum Gasteiger partial charge on any atom is 0.270 e. The van der Waals surface area contributed by atoms with Crippen molar-refractivity contribution in [1.82, 2.24) is 10.3 Å². The molecule has 0 radical (unpaired) electrons. The normalized spacial score (nSPS) is 12.8. The monoisotopic (exact) mass is 479 g/mol. The van der Waals surface area contributed by atoms with Gasteiger partial charge in [-0.15, -0.1) is 11.3 Å². The van der Waals surface area contributed by atoms with Crippen molar-refractivity contribution in [2.24, 2.45) is 0 Å². The molecule has 0 fully saturated rings. The molecule has 3 aromatic rings. The predicted molar refractivity (Wildman–Crippen MR) is 129 cm³/mol. The van der Waals surface area contributed by atoms with Gasteiger partial charge >= 0.3 is 0 Å². The Kier molecular flexibility index (Phi) is 6.93. The van der Waals surface area contributed by atoms with Crippen molar-refractivity contribution in [2.75, 3.05) is 18.1 Å². The van der Waals surface area contributed by atoms with Crippen molar-refractivity contribution in [2.45, 2.75) is 33.4 Å². The molecule has 4 rings (SSSR count). The first kappa shape index (κ1) is 23.4. The molecule has 1 aliphatic rings. The molecule has 0 saturated carbocycles. The summed E-state index contributed by atoms with van der Waals surface area (Å²) in [6.45, 7) is 5.64. The second-order valence-corrected chi connectivity index (χ2v) is 9.18. The Balaban J connectivity index is 1.50. The van der Waals surface area contributed by atoms with Gasteiger partial charge in [0.05, 0.1) is 12.2 Å². The number of carbonyl (C=O) groups excluding carboxylic acids is 3. The standard InChI is InChI=1S/C25H25N3O5S/c1-15(2)26-25(31)19-14-34-23(27-19)11-28-20-10-17(7-8-22(20)33-13-24(28)30)21(29)12-32-18-6-4-5-16(3)9-18/h4-10,14-15H,11-13H2,1-3H3,(H,26,31). The number of aryl methyl sites for hydroxylation is 1. The molecule has 9 heteroatoms. The Morgan fingerprint density at radius 1 is 1.24 bits per heavy atom. The van der Waals surface area contributed by atoms with Gasteiger partial charge in [0.2, 0.25) is 0 Å². The summed E-state index contributed by atoms with van der Waals surface area (Å²) >= 11 is 1.30. The molecule has 2 heterocycles. The fraction of sp³-hybridized carbons (Fsp3) is 0.280. The van der Waals surface area contributed by atoms with E-state index < -0.39 is 0 Å². The summed E-state index contributed by atoms with van der Waals surface area (Å²) in [5.74, 6) is 0.394. The largest absolute Gasteiger partial charge is 0.485 e. The van der Waals surface area contributed by atoms with E-state index in [1.807, 2.05) is 39.0 Å². The lowest BCUT2D eigenvalue weighted by atomic mass is 10.1. The number of hydrogen-bond donors (Lipinski definition) is 1. The lowest BCUT2D eigenvalue weighted by molar-refractivity contribution is -0.121. The number of nitrogens with zero attached hydrogens (tertiary/aromatic N) is 2. The van der Waals surface area contributed by atoms with Crippen LogP contribution >= 0.6 is 11.3 Å². The molecule has 1 aromatic heterocycles. The summed E-state index contributed by atoms with van der Waals surface area (Å²) < 4.78 is 11.2. The molecule has 8 nitrogen and oxygen atoms in total. The number of hydrogen-bond acceptors (Lipinski definition) is 7. The number of carbonyl (C=O) groups is 3. The molecular weight excluding hydrogens is 454 g/mol. The van der Waals surface area contributed by atoms with Crippen LogP contribution in [0.1, 0.15) is 45.3 Å². The number of amides is 2. The highest BCUT2D eigenvalue weighted by Crippen LogP contribution is 2.34. The van der Waals surface area contributed by atoms with E-state index in [-0.39, 0.29) is 43.4 Å². The highest BCUT2D eigenvalue weighted by molar-refractivity contribution is 7.09. The van der Waals surface area contributed by atoms with E-state index in [1.54, 1.807) is 29.6 Å². The fourth-order valence-corrected chi connectivity index (χ4v) is 4.21. The molecule has 2 amide bonds. The van der Waals surface area contributed by atoms with E-state index >= 15 is 0 Å². The maximum absolute atomic E-state index is 12.8. The van der Waals surface area contributed by atoms with Crippen LogP contribution in [0.5, 0.6) is 11.5 Å². The van der Waals surface area contributed by atoms with E-state index in [0.29, 0.717) is 33.5 Å². The minimum atomic E-state index is -0.257. The van der Waals surface area contributed by atoms with Crippen LogP contribution in [0.2, 0.25) is 0 Å². The molecule has 0 atom stereocenters. The van der Waals surface area contributed by atoms with Crippen molar-refractivity contribution in [3.05, 3.63) is 69.7 Å². The average Bonchev–Trinajstić information content (AvgIpc) is 3.27. The zero-order chi connectivity index (χ0) is 24.2. The van der Waals surface area contributed by atoms with Crippen LogP contribution in [-0.2, 0) is 11.3 Å². The summed E-state index contributed by atoms with van der Waals surface area (Å²) in [7, 11) is 0. The Labute approximate surface area is 201 Å². The van der Waals surface area contributed by atoms with Gasteiger partial charge in [-0.3, -0.25) is 19.3 Å². The first-order chi connectivity index (χ1) is 16.3. The van der Waals surface area contributed by atoms with E-state index in [1.165, 1.54) is 16.2 Å². The summed E-state index contributed by atoms with van der Waals surface area (Å²) in [5.41, 5.74) is 2.25. The molecule has 0 saturated heterocycles. The quantitative estimate of drug-likeness (QED) is 0.494. The Morgan fingerprint density at radius 2 is 2.06 bits per heavy atom. The van der Waals surface area contributed by atoms with Gasteiger partial charge in [-0.2, -0.15) is 0 Å². The van der Waals surface area contributed by atoms with E-state index in [2.05, 4.69) is 10.3 Å². The first-order valence-electron chi connectivity index (χ1n) is 10.9. The summed E-state index contributed by atoms with van der Waals surface area (Å²) in [5, 5.41) is 5.08. The Hall–Kier alpha value is -3.72. The number of fused-ring (bicyclic) bond motifs is 1. The van der Waals surface area contributed by atoms with Gasteiger partial charge < -0.3 is 14.8 Å². The van der Waals surface area contributed by atoms with Gasteiger partial charge in [-0.05, 0) is 56.7 Å². The number of ketones is 1. The number of rotatable bonds is 8. The fourth-order valence-electron chi connectivity index (χ4n) is 3.45. The van der Waals surface area contributed by atoms with E-state index in [0.717, 1.165) is 5.56 Å². The van der Waals surface area contributed by atoms with Gasteiger partial charge in [0, 0.05) is 17.0 Å². The van der Waals surface area contributed by atoms with Gasteiger partial charge in [-0.1, -0.05) is 12.1 Å². The highest BCUT2D eigenvalue weighted by Gasteiger charge is 2.28. The smallest absolute Gasteiger partial charge is 0.270 e. The van der Waals surface area contributed by atoms with Crippen LogP contribution in [0, 0.1) is 6.92 Å². The first-order valence-corrected chi connectivity index (χ1v) is 11.7. The third-order valence-corrected chi connectivity index (χ3v) is 5.91. The zero-order valence-corrected chi connectivity index (χ0v) is 20.0. The van der Waals surface area contributed by atoms with Gasteiger partial charge in [-0.25, -0.2) is 4.98 Å². The Bertz CT molecular complexity index is 1240. The molecular formula is C25H25N3O5S. The molecule has 34 heavy (non-hydrogen) atoms. The lowest BCUT2D eigenvalue weighted by Crippen LogP contribution is -2.38. The van der Waals surface area contributed by atoms with E-state index in [4.69, 9.17) is 9.47 Å². The number of Topliss-reactive ketones (excluding diaryl/α,β-unsaturated/α-hetero) is 1. The second-order valence-electron chi connectivity index (χ2n) is 8.23. The van der Waals surface area contributed by atoms with Crippen molar-refractivity contribution in [1.29, 1.82) is 0 Å². The topological polar surface area (TPSA) is 97.8 Å². The Morgan fingerprint density at radius 3 is 2.82 bits per heavy atom. The van der Waals surface area contributed by atoms with Crippen LogP contribution in [0.3, 0.4) is 0 Å². The van der Waals surface area contributed by atoms with Gasteiger partial charge in [0.1, 0.15) is 22.2 Å².